The van der Waals surface area contributed by atoms with E-state index in [0.717, 1.165) is 4.68 Å². The number of H-pyrrole nitrogens is 1. The molecule has 1 aromatic heterocycles. The van der Waals surface area contributed by atoms with Crippen molar-refractivity contribution in [1.82, 2.24) is 14.8 Å². The minimum Gasteiger partial charge on any atom is -0.465 e. The van der Waals surface area contributed by atoms with Gasteiger partial charge in [-0.2, -0.15) is 4.68 Å². The fourth-order valence-electron chi connectivity index (χ4n) is 2.17. The number of para-hydroxylation sites is 1. The van der Waals surface area contributed by atoms with Crippen LogP contribution in [-0.2, 0) is 4.74 Å². The van der Waals surface area contributed by atoms with Gasteiger partial charge in [0.1, 0.15) is 0 Å². The van der Waals surface area contributed by atoms with Crippen molar-refractivity contribution in [3.8, 4) is 5.69 Å². The van der Waals surface area contributed by atoms with Crippen molar-refractivity contribution in [2.45, 2.75) is 0 Å². The number of amides is 1. The molecule has 0 aliphatic rings. The van der Waals surface area contributed by atoms with E-state index in [9.17, 15) is 14.4 Å². The van der Waals surface area contributed by atoms with Crippen LogP contribution in [0.1, 0.15) is 21.0 Å². The minimum absolute atomic E-state index is 0.120. The third-order valence-corrected chi connectivity index (χ3v) is 3.40. The van der Waals surface area contributed by atoms with Gasteiger partial charge in [-0.3, -0.25) is 9.78 Å². The first-order valence-corrected chi connectivity index (χ1v) is 7.33. The lowest BCUT2D eigenvalue weighted by atomic mass is 10.2. The lowest BCUT2D eigenvalue weighted by Gasteiger charge is -2.04. The van der Waals surface area contributed by atoms with Crippen LogP contribution in [0.5, 0.6) is 0 Å². The lowest BCUT2D eigenvalue weighted by Crippen LogP contribution is -2.15. The summed E-state index contributed by atoms with van der Waals surface area (Å²) < 4.78 is 5.71. The second-order valence-corrected chi connectivity index (χ2v) is 5.05. The molecule has 1 heterocycles. The molecule has 0 saturated heterocycles. The Morgan fingerprint density at radius 3 is 2.40 bits per heavy atom. The van der Waals surface area contributed by atoms with Gasteiger partial charge in [-0.15, -0.1) is 5.10 Å². The van der Waals surface area contributed by atoms with Crippen LogP contribution >= 0.6 is 0 Å². The number of methoxy groups -OCH3 is 1. The Morgan fingerprint density at radius 1 is 1.08 bits per heavy atom. The topological polar surface area (TPSA) is 106 Å². The van der Waals surface area contributed by atoms with Gasteiger partial charge >= 0.3 is 11.7 Å². The zero-order valence-electron chi connectivity index (χ0n) is 13.2. The molecule has 8 nitrogen and oxygen atoms in total. The fourth-order valence-corrected chi connectivity index (χ4v) is 2.17. The SMILES string of the molecule is COC(=O)c1ccc(NC(=O)c2nn(-c3ccccc3)c(=O)[nH]2)cc1. The Kier molecular flexibility index (Phi) is 4.42. The van der Waals surface area contributed by atoms with E-state index in [1.807, 2.05) is 6.07 Å². The quantitative estimate of drug-likeness (QED) is 0.703. The number of anilines is 1. The maximum Gasteiger partial charge on any atom is 0.348 e. The number of carbonyl (C=O) groups excluding carboxylic acids is 2. The van der Waals surface area contributed by atoms with Gasteiger partial charge in [-0.05, 0) is 36.4 Å². The molecular weight excluding hydrogens is 324 g/mol. The number of nitrogens with one attached hydrogen (secondary N) is 2. The van der Waals surface area contributed by atoms with Crippen LogP contribution in [0.2, 0.25) is 0 Å². The average molecular weight is 338 g/mol. The molecule has 1 amide bonds. The molecule has 0 unspecified atom stereocenters. The highest BCUT2D eigenvalue weighted by Crippen LogP contribution is 2.11. The molecule has 126 valence electrons. The van der Waals surface area contributed by atoms with Crippen LogP contribution in [0.4, 0.5) is 5.69 Å². The van der Waals surface area contributed by atoms with Gasteiger partial charge in [-0.1, -0.05) is 18.2 Å². The van der Waals surface area contributed by atoms with Gasteiger partial charge < -0.3 is 10.1 Å². The number of hydrogen-bond acceptors (Lipinski definition) is 5. The Morgan fingerprint density at radius 2 is 1.76 bits per heavy atom. The van der Waals surface area contributed by atoms with E-state index in [-0.39, 0.29) is 5.82 Å². The number of benzene rings is 2. The number of aromatic nitrogens is 3. The van der Waals surface area contributed by atoms with Crippen molar-refractivity contribution in [3.63, 3.8) is 0 Å². The number of carbonyl (C=O) groups is 2. The van der Waals surface area contributed by atoms with Gasteiger partial charge in [0.25, 0.3) is 5.91 Å². The molecule has 0 atom stereocenters. The first-order valence-electron chi connectivity index (χ1n) is 7.33. The van der Waals surface area contributed by atoms with Gasteiger partial charge in [0.2, 0.25) is 5.82 Å². The molecule has 2 N–H and O–H groups in total. The van der Waals surface area contributed by atoms with Crippen molar-refractivity contribution in [1.29, 1.82) is 0 Å². The average Bonchev–Trinajstić information content (AvgIpc) is 3.04. The molecule has 0 spiro atoms. The predicted molar refractivity (Wildman–Crippen MR) is 89.9 cm³/mol. The smallest absolute Gasteiger partial charge is 0.348 e. The second-order valence-electron chi connectivity index (χ2n) is 5.05. The van der Waals surface area contributed by atoms with Crippen molar-refractivity contribution < 1.29 is 14.3 Å². The summed E-state index contributed by atoms with van der Waals surface area (Å²) in [6.07, 6.45) is 0. The summed E-state index contributed by atoms with van der Waals surface area (Å²) in [6.45, 7) is 0. The molecule has 2 aromatic carbocycles. The molecule has 8 heteroatoms. The van der Waals surface area contributed by atoms with Crippen LogP contribution in [0, 0.1) is 0 Å². The molecule has 0 bridgehead atoms. The maximum atomic E-state index is 12.2. The summed E-state index contributed by atoms with van der Waals surface area (Å²) >= 11 is 0. The van der Waals surface area contributed by atoms with E-state index in [2.05, 4.69) is 20.1 Å². The normalized spacial score (nSPS) is 10.3. The molecule has 3 aromatic rings. The molecule has 0 aliphatic heterocycles. The number of ether oxygens (including phenoxy) is 1. The minimum atomic E-state index is -0.572. The molecular formula is C17H14N4O4. The Balaban J connectivity index is 1.78. The molecule has 0 radical (unpaired) electrons. The van der Waals surface area contributed by atoms with E-state index >= 15 is 0 Å². The summed E-state index contributed by atoms with van der Waals surface area (Å²) in [7, 11) is 1.29. The highest BCUT2D eigenvalue weighted by Gasteiger charge is 2.14. The second kappa shape index (κ2) is 6.83. The highest BCUT2D eigenvalue weighted by molar-refractivity contribution is 6.01. The van der Waals surface area contributed by atoms with Crippen LogP contribution in [0.3, 0.4) is 0 Å². The van der Waals surface area contributed by atoms with E-state index < -0.39 is 17.6 Å². The Hall–Kier alpha value is -3.68. The number of aromatic amines is 1. The Labute approximate surface area is 142 Å². The van der Waals surface area contributed by atoms with E-state index in [0.29, 0.717) is 16.9 Å². The highest BCUT2D eigenvalue weighted by atomic mass is 16.5. The molecule has 0 fully saturated rings. The first kappa shape index (κ1) is 16.2. The van der Waals surface area contributed by atoms with Crippen molar-refractivity contribution in [2.24, 2.45) is 0 Å². The fraction of sp³-hybridized carbons (Fsp3) is 0.0588. The summed E-state index contributed by atoms with van der Waals surface area (Å²) in [6, 6.07) is 14.9. The number of nitrogens with zero attached hydrogens (tertiary/aromatic N) is 2. The first-order chi connectivity index (χ1) is 12.1. The zero-order chi connectivity index (χ0) is 17.8. The van der Waals surface area contributed by atoms with E-state index in [1.54, 1.807) is 36.4 Å². The maximum absolute atomic E-state index is 12.2. The summed E-state index contributed by atoms with van der Waals surface area (Å²) in [4.78, 5) is 38.0. The summed E-state index contributed by atoms with van der Waals surface area (Å²) in [5.74, 6) is -1.16. The van der Waals surface area contributed by atoms with Gasteiger partial charge in [0.15, 0.2) is 0 Å². The zero-order valence-corrected chi connectivity index (χ0v) is 13.2. The number of hydrogen-bond donors (Lipinski definition) is 2. The molecule has 3 rings (SSSR count). The lowest BCUT2D eigenvalue weighted by molar-refractivity contribution is 0.0600. The van der Waals surface area contributed by atoms with Crippen LogP contribution in [0.25, 0.3) is 5.69 Å². The third kappa shape index (κ3) is 3.47. The van der Waals surface area contributed by atoms with Crippen LogP contribution < -0.4 is 11.0 Å². The monoisotopic (exact) mass is 338 g/mol. The van der Waals surface area contributed by atoms with Gasteiger partial charge in [-0.25, -0.2) is 9.59 Å². The van der Waals surface area contributed by atoms with Crippen molar-refractivity contribution in [2.75, 3.05) is 12.4 Å². The van der Waals surface area contributed by atoms with Gasteiger partial charge in [0.05, 0.1) is 18.4 Å². The van der Waals surface area contributed by atoms with E-state index in [4.69, 9.17) is 0 Å². The van der Waals surface area contributed by atoms with Crippen LogP contribution in [0.15, 0.2) is 59.4 Å². The predicted octanol–water partition coefficient (Wildman–Crippen LogP) is 1.60. The molecule has 25 heavy (non-hydrogen) atoms. The largest absolute Gasteiger partial charge is 0.465 e. The number of rotatable bonds is 4. The third-order valence-electron chi connectivity index (χ3n) is 3.40. The van der Waals surface area contributed by atoms with Gasteiger partial charge in [0, 0.05) is 5.69 Å². The Bertz CT molecular complexity index is 958. The molecule has 0 saturated carbocycles. The van der Waals surface area contributed by atoms with Crippen molar-refractivity contribution >= 4 is 17.6 Å². The summed E-state index contributed by atoms with van der Waals surface area (Å²) in [5, 5.41) is 6.59. The van der Waals surface area contributed by atoms with Crippen molar-refractivity contribution in [3.05, 3.63) is 76.5 Å². The van der Waals surface area contributed by atoms with Crippen LogP contribution in [-0.4, -0.2) is 33.8 Å². The van der Waals surface area contributed by atoms with E-state index in [1.165, 1.54) is 19.2 Å². The summed E-state index contributed by atoms with van der Waals surface area (Å²) in [5.41, 5.74) is 0.845. The standard InChI is InChI=1S/C17H14N4O4/c1-25-16(23)11-7-9-12(10-8-11)18-15(22)14-19-17(24)21(20-14)13-5-3-2-4-6-13/h2-10H,1H3,(H,18,22)(H,19,20,24). The number of esters is 1. The molecule has 0 aliphatic carbocycles.